The quantitative estimate of drug-likeness (QED) is 0.464. The lowest BCUT2D eigenvalue weighted by molar-refractivity contribution is 2.00. The Balaban J connectivity index is 0. The van der Waals surface area contributed by atoms with Gasteiger partial charge < -0.3 is 0 Å². The Morgan fingerprint density at radius 3 is 1.67 bits per heavy atom. The fraction of sp³-hybridized carbons (Fsp3) is 0.500. The summed E-state index contributed by atoms with van der Waals surface area (Å²) in [6, 6.07) is 0. The van der Waals surface area contributed by atoms with Gasteiger partial charge in [-0.05, 0) is 0 Å². The van der Waals surface area contributed by atoms with Crippen LogP contribution in [0.5, 0.6) is 0 Å². The van der Waals surface area contributed by atoms with Gasteiger partial charge in [-0.3, -0.25) is 0 Å². The van der Waals surface area contributed by atoms with Gasteiger partial charge >= 0.3 is 0 Å². The molecule has 0 N–H and O–H groups in total. The maximum Gasteiger partial charge on any atom is 0.0546 e. The zero-order chi connectivity index (χ0) is 4.28. The monoisotopic (exact) mass is 122 g/mol. The molecule has 0 aromatic rings. The summed E-state index contributed by atoms with van der Waals surface area (Å²) in [5.74, 6) is 0. The van der Waals surface area contributed by atoms with Crippen molar-refractivity contribution in [3.63, 3.8) is 0 Å². The minimum atomic E-state index is -0.386. The van der Waals surface area contributed by atoms with E-state index in [4.69, 9.17) is 0 Å². The van der Waals surface area contributed by atoms with E-state index in [1.807, 2.05) is 0 Å². The molecule has 0 unspecified atom stereocenters. The Morgan fingerprint density at radius 1 is 1.50 bits per heavy atom. The minimum Gasteiger partial charge on any atom is -0.147 e. The maximum absolute atomic E-state index is 3.62. The Hall–Kier alpha value is 0.247. The highest BCUT2D eigenvalue weighted by atomic mass is 35.5. The molecule has 0 nitrogen and oxygen atoms in total. The molecule has 6 heavy (non-hydrogen) atoms. The average Bonchev–Trinajstić information content (AvgIpc) is 1.38. The molecule has 0 aliphatic heterocycles. The van der Waals surface area contributed by atoms with Crippen LogP contribution in [0.3, 0.4) is 0 Å². The molecule has 0 amide bonds. The zero-order valence-electron chi connectivity index (χ0n) is 4.27. The van der Waals surface area contributed by atoms with E-state index in [1.165, 1.54) is 0 Å². The fourth-order valence-corrected chi connectivity index (χ4v) is 0. The van der Waals surface area contributed by atoms with Gasteiger partial charge in [0.05, 0.1) is 8.80 Å². The Labute approximate surface area is 47.3 Å². The molecular weight excluding hydrogens is 112 g/mol. The summed E-state index contributed by atoms with van der Waals surface area (Å²) in [5.41, 5.74) is 2.06. The number of hydrogen-bond donors (Lipinski definition) is 0. The highest BCUT2D eigenvalue weighted by Gasteiger charge is 1.77. The van der Waals surface area contributed by atoms with E-state index < -0.39 is 0 Å². The van der Waals surface area contributed by atoms with Crippen molar-refractivity contribution in [3.05, 3.63) is 12.3 Å². The third-order valence-electron chi connectivity index (χ3n) is 0.471. The number of rotatable bonds is 1. The molecule has 0 radical (unpaired) electrons. The molecule has 0 aromatic heterocycles. The molecule has 0 spiro atoms. The van der Waals surface area contributed by atoms with Crippen LogP contribution in [0.1, 0.15) is 0 Å². The topological polar surface area (TPSA) is 0 Å². The van der Waals surface area contributed by atoms with Crippen molar-refractivity contribution in [3.8, 4) is 0 Å². The van der Waals surface area contributed by atoms with E-state index in [1.54, 1.807) is 0 Å². The summed E-state index contributed by atoms with van der Waals surface area (Å²) >= 11 is 0. The first-order valence-corrected chi connectivity index (χ1v) is 4.87. The zero-order valence-corrected chi connectivity index (χ0v) is 6.24. The smallest absolute Gasteiger partial charge is 0.0546 e. The number of hydrogen-bond acceptors (Lipinski definition) is 0. The largest absolute Gasteiger partial charge is 0.147 e. The summed E-state index contributed by atoms with van der Waals surface area (Å²) in [5, 5.41) is 0. The molecule has 0 saturated heterocycles. The normalized spacial score (nSPS) is 7.17. The van der Waals surface area contributed by atoms with Gasteiger partial charge in [-0.15, -0.1) is 24.7 Å². The van der Waals surface area contributed by atoms with Crippen molar-refractivity contribution in [1.29, 1.82) is 0 Å². The molecule has 0 aliphatic rings. The van der Waals surface area contributed by atoms with Crippen LogP contribution in [0.4, 0.5) is 0 Å². The molecule has 0 aliphatic carbocycles. The molecule has 38 valence electrons. The highest BCUT2D eigenvalue weighted by Crippen LogP contribution is 1.73. The number of halogens is 1. The van der Waals surface area contributed by atoms with E-state index in [2.05, 4.69) is 25.4 Å². The van der Waals surface area contributed by atoms with Crippen LogP contribution >= 0.6 is 12.4 Å². The highest BCUT2D eigenvalue weighted by molar-refractivity contribution is 6.61. The van der Waals surface area contributed by atoms with Gasteiger partial charge in [0.15, 0.2) is 0 Å². The van der Waals surface area contributed by atoms with Crippen LogP contribution in [-0.4, -0.2) is 8.80 Å². The van der Waals surface area contributed by atoms with E-state index in [-0.39, 0.29) is 21.2 Å². The van der Waals surface area contributed by atoms with Crippen LogP contribution in [0, 0.1) is 0 Å². The Bertz CT molecular complexity index is 34.5. The van der Waals surface area contributed by atoms with Gasteiger partial charge in [-0.25, -0.2) is 0 Å². The van der Waals surface area contributed by atoms with Crippen molar-refractivity contribution in [1.82, 2.24) is 0 Å². The molecule has 0 atom stereocenters. The van der Waals surface area contributed by atoms with Gasteiger partial charge in [-0.1, -0.05) is 13.1 Å². The molecule has 0 aromatic carbocycles. The predicted molar refractivity (Wildman–Crippen MR) is 36.3 cm³/mol. The summed E-state index contributed by atoms with van der Waals surface area (Å²) < 4.78 is 0. The first-order chi connectivity index (χ1) is 2.27. The summed E-state index contributed by atoms with van der Waals surface area (Å²) in [6.45, 7) is 8.11. The van der Waals surface area contributed by atoms with Crippen LogP contribution in [0.2, 0.25) is 13.1 Å². The van der Waals surface area contributed by atoms with Crippen LogP contribution in [-0.2, 0) is 0 Å². The second-order valence-electron chi connectivity index (χ2n) is 1.48. The van der Waals surface area contributed by atoms with Gasteiger partial charge in [0.25, 0.3) is 0 Å². The van der Waals surface area contributed by atoms with Crippen molar-refractivity contribution in [2.24, 2.45) is 0 Å². The standard InChI is InChI=1S/C4H10Si.ClH/c1-4-5(2)3;/h4-5H,1H2,2-3H3;1H. The Morgan fingerprint density at radius 2 is 1.67 bits per heavy atom. The predicted octanol–water partition coefficient (Wildman–Crippen LogP) is 1.62. The lowest BCUT2D eigenvalue weighted by Gasteiger charge is -1.81. The second kappa shape index (κ2) is 5.25. The molecule has 0 saturated carbocycles. The van der Waals surface area contributed by atoms with Crippen molar-refractivity contribution in [2.45, 2.75) is 13.1 Å². The van der Waals surface area contributed by atoms with Gasteiger partial charge in [0.1, 0.15) is 0 Å². The lowest BCUT2D eigenvalue weighted by atomic mass is 11.3. The maximum atomic E-state index is 3.62. The van der Waals surface area contributed by atoms with E-state index >= 15 is 0 Å². The third kappa shape index (κ3) is 8.87. The van der Waals surface area contributed by atoms with Crippen LogP contribution in [0.15, 0.2) is 12.3 Å². The van der Waals surface area contributed by atoms with Gasteiger partial charge in [-0.2, -0.15) is 0 Å². The van der Waals surface area contributed by atoms with E-state index in [0.29, 0.717) is 0 Å². The molecule has 0 heterocycles. The molecule has 2 heteroatoms. The average molecular weight is 123 g/mol. The van der Waals surface area contributed by atoms with Crippen molar-refractivity contribution < 1.29 is 0 Å². The summed E-state index contributed by atoms with van der Waals surface area (Å²) in [4.78, 5) is 0. The first-order valence-electron chi connectivity index (χ1n) is 1.90. The van der Waals surface area contributed by atoms with Crippen LogP contribution in [0.25, 0.3) is 0 Å². The molecule has 0 fully saturated rings. The first kappa shape index (κ1) is 9.54. The van der Waals surface area contributed by atoms with Gasteiger partial charge in [0, 0.05) is 0 Å². The van der Waals surface area contributed by atoms with Crippen LogP contribution < -0.4 is 0 Å². The molecule has 0 rings (SSSR count). The van der Waals surface area contributed by atoms with E-state index in [0.717, 1.165) is 0 Å². The molecule has 0 bridgehead atoms. The lowest BCUT2D eigenvalue weighted by Crippen LogP contribution is -1.89. The third-order valence-corrected chi connectivity index (χ3v) is 1.41. The van der Waals surface area contributed by atoms with E-state index in [9.17, 15) is 0 Å². The van der Waals surface area contributed by atoms with Gasteiger partial charge in [0.2, 0.25) is 0 Å². The summed E-state index contributed by atoms with van der Waals surface area (Å²) in [7, 11) is -0.386. The Kier molecular flexibility index (Phi) is 8.34. The second-order valence-corrected chi connectivity index (χ2v) is 4.44. The van der Waals surface area contributed by atoms with Crippen molar-refractivity contribution in [2.75, 3.05) is 0 Å². The molecular formula is C4H11ClSi. The fourth-order valence-electron chi connectivity index (χ4n) is 0. The summed E-state index contributed by atoms with van der Waals surface area (Å²) in [6.07, 6.45) is 0. The minimum absolute atomic E-state index is 0. The van der Waals surface area contributed by atoms with Crippen molar-refractivity contribution >= 4 is 21.2 Å². The SMILES string of the molecule is C=C[SiH](C)C.Cl.